The number of Topliss-reactive ketones (excluding diaryl/α,β-unsaturated/α-hetero) is 1. The van der Waals surface area contributed by atoms with Crippen LogP contribution in [0.25, 0.3) is 0 Å². The first-order valence-corrected chi connectivity index (χ1v) is 6.62. The maximum absolute atomic E-state index is 12.5. The van der Waals surface area contributed by atoms with Gasteiger partial charge in [-0.3, -0.25) is 9.48 Å². The van der Waals surface area contributed by atoms with Gasteiger partial charge >= 0.3 is 0 Å². The molecule has 1 aliphatic heterocycles. The third-order valence-corrected chi connectivity index (χ3v) is 3.53. The molecule has 1 aromatic rings. The van der Waals surface area contributed by atoms with Crippen LogP contribution in [-0.4, -0.2) is 60.4 Å². The second-order valence-corrected chi connectivity index (χ2v) is 5.45. The molecule has 0 aliphatic carbocycles. The Hall–Kier alpha value is -0.950. The predicted molar refractivity (Wildman–Crippen MR) is 72.4 cm³/mol. The van der Waals surface area contributed by atoms with Gasteiger partial charge in [-0.05, 0) is 14.1 Å². The maximum atomic E-state index is 12.5. The molecule has 7 heteroatoms. The molecule has 1 fully saturated rings. The first-order chi connectivity index (χ1) is 9.00. The van der Waals surface area contributed by atoms with Crippen molar-refractivity contribution in [3.8, 4) is 0 Å². The summed E-state index contributed by atoms with van der Waals surface area (Å²) < 4.78 is 6.89. The lowest BCUT2D eigenvalue weighted by atomic mass is 9.97. The first-order valence-electron chi connectivity index (χ1n) is 6.24. The highest BCUT2D eigenvalue weighted by atomic mass is 35.5. The molecule has 1 saturated heterocycles. The second-order valence-electron chi connectivity index (χ2n) is 5.04. The number of ketones is 1. The van der Waals surface area contributed by atoms with Crippen molar-refractivity contribution in [2.75, 3.05) is 33.9 Å². The lowest BCUT2D eigenvalue weighted by molar-refractivity contribution is 0.0884. The summed E-state index contributed by atoms with van der Waals surface area (Å²) in [5, 5.41) is 4.54. The molecule has 2 rings (SSSR count). The van der Waals surface area contributed by atoms with E-state index in [2.05, 4.69) is 5.10 Å². The van der Waals surface area contributed by atoms with E-state index in [1.165, 1.54) is 6.20 Å². The Morgan fingerprint density at radius 2 is 2.37 bits per heavy atom. The number of carbonyl (C=O) groups is 1. The zero-order valence-electron chi connectivity index (χ0n) is 11.2. The minimum atomic E-state index is -0.327. The number of hydrogen-bond acceptors (Lipinski definition) is 5. The van der Waals surface area contributed by atoms with Gasteiger partial charge in [0.05, 0.1) is 36.9 Å². The summed E-state index contributed by atoms with van der Waals surface area (Å²) in [6.07, 6.45) is 1.51. The summed E-state index contributed by atoms with van der Waals surface area (Å²) in [7, 11) is 3.93. The number of nitrogens with zero attached hydrogens (tertiary/aromatic N) is 3. The molecule has 0 radical (unpaired) electrons. The van der Waals surface area contributed by atoms with Gasteiger partial charge in [0.1, 0.15) is 5.69 Å². The van der Waals surface area contributed by atoms with Crippen molar-refractivity contribution in [2.45, 2.75) is 12.6 Å². The molecule has 0 spiro atoms. The zero-order valence-corrected chi connectivity index (χ0v) is 11.9. The lowest BCUT2D eigenvalue weighted by Crippen LogP contribution is -2.35. The molecule has 2 atom stereocenters. The molecule has 6 nitrogen and oxygen atoms in total. The molecule has 106 valence electrons. The lowest BCUT2D eigenvalue weighted by Gasteiger charge is -2.15. The van der Waals surface area contributed by atoms with Crippen molar-refractivity contribution in [1.82, 2.24) is 14.7 Å². The zero-order chi connectivity index (χ0) is 14.0. The van der Waals surface area contributed by atoms with E-state index in [1.54, 1.807) is 4.68 Å². The number of halogens is 1. The summed E-state index contributed by atoms with van der Waals surface area (Å²) in [4.78, 5) is 14.5. The predicted octanol–water partition coefficient (Wildman–Crippen LogP) is 0.255. The van der Waals surface area contributed by atoms with Gasteiger partial charge in [0, 0.05) is 12.6 Å². The van der Waals surface area contributed by atoms with E-state index in [1.807, 2.05) is 19.0 Å². The van der Waals surface area contributed by atoms with Crippen molar-refractivity contribution in [3.05, 3.63) is 16.9 Å². The van der Waals surface area contributed by atoms with Gasteiger partial charge in [-0.1, -0.05) is 11.6 Å². The van der Waals surface area contributed by atoms with Crippen LogP contribution in [0.5, 0.6) is 0 Å². The highest BCUT2D eigenvalue weighted by Crippen LogP contribution is 2.23. The standard InChI is InChI=1S/C12H19ClN4O2/c1-16(2)3-4-17-11(9(13)5-15-17)12(18)8-6-19-7-10(8)14/h5,8,10H,3-4,6-7,14H2,1-2H3. The molecule has 0 amide bonds. The summed E-state index contributed by atoms with van der Waals surface area (Å²) in [6.45, 7) is 2.17. The van der Waals surface area contributed by atoms with Crippen LogP contribution in [0, 0.1) is 5.92 Å². The summed E-state index contributed by atoms with van der Waals surface area (Å²) in [6, 6.07) is -0.263. The summed E-state index contributed by atoms with van der Waals surface area (Å²) in [5.41, 5.74) is 6.32. The van der Waals surface area contributed by atoms with Gasteiger partial charge in [0.15, 0.2) is 5.78 Å². The maximum Gasteiger partial charge on any atom is 0.189 e. The molecule has 19 heavy (non-hydrogen) atoms. The summed E-state index contributed by atoms with van der Waals surface area (Å²) in [5.74, 6) is -0.404. The Kier molecular flexibility index (Phi) is 4.57. The summed E-state index contributed by atoms with van der Waals surface area (Å²) >= 11 is 6.08. The van der Waals surface area contributed by atoms with E-state index in [-0.39, 0.29) is 17.7 Å². The Bertz CT molecular complexity index is 461. The minimum absolute atomic E-state index is 0.0775. The van der Waals surface area contributed by atoms with Crippen LogP contribution in [0.15, 0.2) is 6.20 Å². The Labute approximate surface area is 117 Å². The van der Waals surface area contributed by atoms with E-state index in [0.29, 0.717) is 30.5 Å². The molecule has 2 unspecified atom stereocenters. The van der Waals surface area contributed by atoms with E-state index in [0.717, 1.165) is 6.54 Å². The highest BCUT2D eigenvalue weighted by Gasteiger charge is 2.34. The molecular formula is C12H19ClN4O2. The molecule has 2 N–H and O–H groups in total. The molecule has 0 saturated carbocycles. The van der Waals surface area contributed by atoms with E-state index < -0.39 is 0 Å². The van der Waals surface area contributed by atoms with Crippen LogP contribution in [-0.2, 0) is 11.3 Å². The largest absolute Gasteiger partial charge is 0.379 e. The van der Waals surface area contributed by atoms with Gasteiger partial charge in [0.2, 0.25) is 0 Å². The second kappa shape index (κ2) is 6.00. The molecule has 1 aliphatic rings. The Balaban J connectivity index is 2.18. The molecule has 0 aromatic carbocycles. The fourth-order valence-electron chi connectivity index (χ4n) is 2.09. The fourth-order valence-corrected chi connectivity index (χ4v) is 2.32. The van der Waals surface area contributed by atoms with Gasteiger partial charge in [0.25, 0.3) is 0 Å². The van der Waals surface area contributed by atoms with Crippen molar-refractivity contribution in [3.63, 3.8) is 0 Å². The SMILES string of the molecule is CN(C)CCn1ncc(Cl)c1C(=O)C1COCC1N. The van der Waals surface area contributed by atoms with Crippen LogP contribution in [0.1, 0.15) is 10.5 Å². The van der Waals surface area contributed by atoms with Crippen LogP contribution in [0.3, 0.4) is 0 Å². The average Bonchev–Trinajstić information content (AvgIpc) is 2.92. The monoisotopic (exact) mass is 286 g/mol. The van der Waals surface area contributed by atoms with Crippen LogP contribution in [0.4, 0.5) is 0 Å². The van der Waals surface area contributed by atoms with E-state index in [4.69, 9.17) is 22.1 Å². The quantitative estimate of drug-likeness (QED) is 0.786. The normalized spacial score (nSPS) is 23.2. The molecule has 1 aromatic heterocycles. The van der Waals surface area contributed by atoms with Crippen LogP contribution >= 0.6 is 11.6 Å². The van der Waals surface area contributed by atoms with Crippen LogP contribution < -0.4 is 5.73 Å². The van der Waals surface area contributed by atoms with Crippen LogP contribution in [0.2, 0.25) is 5.02 Å². The number of rotatable bonds is 5. The molecular weight excluding hydrogens is 268 g/mol. The fraction of sp³-hybridized carbons (Fsp3) is 0.667. The van der Waals surface area contributed by atoms with E-state index in [9.17, 15) is 4.79 Å². The average molecular weight is 287 g/mol. The number of aromatic nitrogens is 2. The number of nitrogens with two attached hydrogens (primary N) is 1. The van der Waals surface area contributed by atoms with Gasteiger partial charge in [-0.25, -0.2) is 0 Å². The van der Waals surface area contributed by atoms with Gasteiger partial charge in [-0.15, -0.1) is 0 Å². The minimum Gasteiger partial charge on any atom is -0.379 e. The number of likely N-dealkylation sites (N-methyl/N-ethyl adjacent to an activating group) is 1. The smallest absolute Gasteiger partial charge is 0.189 e. The van der Waals surface area contributed by atoms with Crippen molar-refractivity contribution < 1.29 is 9.53 Å². The molecule has 2 heterocycles. The first kappa shape index (κ1) is 14.5. The third kappa shape index (κ3) is 3.14. The highest BCUT2D eigenvalue weighted by molar-refractivity contribution is 6.33. The molecule has 0 bridgehead atoms. The van der Waals surface area contributed by atoms with Crippen molar-refractivity contribution >= 4 is 17.4 Å². The third-order valence-electron chi connectivity index (χ3n) is 3.25. The Morgan fingerprint density at radius 1 is 1.63 bits per heavy atom. The Morgan fingerprint density at radius 3 is 2.95 bits per heavy atom. The number of carbonyl (C=O) groups excluding carboxylic acids is 1. The topological polar surface area (TPSA) is 73.4 Å². The number of ether oxygens (including phenoxy) is 1. The van der Waals surface area contributed by atoms with E-state index >= 15 is 0 Å². The van der Waals surface area contributed by atoms with Gasteiger partial charge < -0.3 is 15.4 Å². The van der Waals surface area contributed by atoms with Gasteiger partial charge in [-0.2, -0.15) is 5.10 Å². The van der Waals surface area contributed by atoms with Crippen molar-refractivity contribution in [1.29, 1.82) is 0 Å². The van der Waals surface area contributed by atoms with Crippen molar-refractivity contribution in [2.24, 2.45) is 11.7 Å². The number of hydrogen-bond donors (Lipinski definition) is 1.